The van der Waals surface area contributed by atoms with Crippen LogP contribution >= 0.6 is 0 Å². The lowest BCUT2D eigenvalue weighted by Gasteiger charge is -2.47. The lowest BCUT2D eigenvalue weighted by Crippen LogP contribution is -2.54. The molecule has 2 saturated carbocycles. The van der Waals surface area contributed by atoms with Crippen molar-refractivity contribution >= 4 is 5.91 Å². The molecule has 0 bridgehead atoms. The Balaban J connectivity index is 1.70. The summed E-state index contributed by atoms with van der Waals surface area (Å²) in [6, 6.07) is 1.24. The molecule has 0 spiro atoms. The molecule has 4 heteroatoms. The Morgan fingerprint density at radius 2 is 1.84 bits per heavy atom. The Kier molecular flexibility index (Phi) is 3.56. The largest absolute Gasteiger partial charge is 0.368 e. The third-order valence-electron chi connectivity index (χ3n) is 5.77. The Bertz CT molecular complexity index is 357. The predicted octanol–water partition coefficient (Wildman–Crippen LogP) is 1.38. The third-order valence-corrected chi connectivity index (χ3v) is 5.77. The van der Waals surface area contributed by atoms with Crippen LogP contribution in [0, 0.1) is 5.92 Å². The third kappa shape index (κ3) is 2.40. The highest BCUT2D eigenvalue weighted by molar-refractivity contribution is 5.84. The van der Waals surface area contributed by atoms with Crippen LogP contribution in [0.2, 0.25) is 0 Å². The predicted molar refractivity (Wildman–Crippen MR) is 75.4 cm³/mol. The summed E-state index contributed by atoms with van der Waals surface area (Å²) in [6.07, 6.45) is 10.8. The maximum Gasteiger partial charge on any atom is 0.237 e. The molecule has 3 fully saturated rings. The summed E-state index contributed by atoms with van der Waals surface area (Å²) < 4.78 is 0. The number of fused-ring (bicyclic) bond motifs is 1. The number of hydrogen-bond acceptors (Lipinski definition) is 3. The molecule has 3 aliphatic rings. The van der Waals surface area contributed by atoms with Crippen LogP contribution in [0.4, 0.5) is 0 Å². The van der Waals surface area contributed by atoms with Crippen molar-refractivity contribution in [1.82, 2.24) is 4.90 Å². The minimum absolute atomic E-state index is 0.313. The fraction of sp³-hybridized carbons (Fsp3) is 0.933. The van der Waals surface area contributed by atoms with Crippen LogP contribution in [-0.4, -0.2) is 35.0 Å². The molecule has 2 unspecified atom stereocenters. The van der Waals surface area contributed by atoms with E-state index >= 15 is 0 Å². The van der Waals surface area contributed by atoms with Crippen molar-refractivity contribution in [1.29, 1.82) is 0 Å². The van der Waals surface area contributed by atoms with E-state index in [2.05, 4.69) is 4.90 Å². The number of likely N-dealkylation sites (tertiary alicyclic amines) is 1. The van der Waals surface area contributed by atoms with Gasteiger partial charge in [0.2, 0.25) is 5.91 Å². The molecule has 0 aromatic heterocycles. The highest BCUT2D eigenvalue weighted by Gasteiger charge is 2.45. The smallest absolute Gasteiger partial charge is 0.237 e. The van der Waals surface area contributed by atoms with Crippen LogP contribution in [0.15, 0.2) is 0 Å². The van der Waals surface area contributed by atoms with Gasteiger partial charge in [-0.3, -0.25) is 9.69 Å². The van der Waals surface area contributed by atoms with Gasteiger partial charge in [0.25, 0.3) is 0 Å². The van der Waals surface area contributed by atoms with E-state index in [0.29, 0.717) is 6.04 Å². The molecule has 1 heterocycles. The number of amides is 1. The topological polar surface area (TPSA) is 72.3 Å². The lowest BCUT2D eigenvalue weighted by atomic mass is 9.77. The molecule has 108 valence electrons. The fourth-order valence-corrected chi connectivity index (χ4v) is 4.67. The van der Waals surface area contributed by atoms with Crippen LogP contribution in [0.3, 0.4) is 0 Å². The zero-order valence-electron chi connectivity index (χ0n) is 11.8. The van der Waals surface area contributed by atoms with Gasteiger partial charge in [0.05, 0.1) is 5.54 Å². The van der Waals surface area contributed by atoms with Crippen LogP contribution in [0.25, 0.3) is 0 Å². The molecule has 1 saturated heterocycles. The second kappa shape index (κ2) is 5.06. The molecule has 4 atom stereocenters. The number of piperidine rings is 1. The van der Waals surface area contributed by atoms with Crippen LogP contribution in [0.1, 0.15) is 57.8 Å². The standard InChI is InChI=1S/C15H27N3O/c16-14(19)15(17)8-7-12(10-15)18-9-3-5-11-4-1-2-6-13(11)18/h11-13H,1-10,17H2,(H2,16,19)/t11-,12?,13-,15?/m1/s1. The average Bonchev–Trinajstić information content (AvgIpc) is 2.82. The molecule has 0 aromatic rings. The monoisotopic (exact) mass is 265 g/mol. The Morgan fingerprint density at radius 3 is 2.58 bits per heavy atom. The molecule has 0 aromatic carbocycles. The summed E-state index contributed by atoms with van der Waals surface area (Å²) >= 11 is 0. The van der Waals surface area contributed by atoms with Crippen LogP contribution in [-0.2, 0) is 4.79 Å². The van der Waals surface area contributed by atoms with E-state index in [-0.39, 0.29) is 5.91 Å². The fourth-order valence-electron chi connectivity index (χ4n) is 4.67. The van der Waals surface area contributed by atoms with Crippen LogP contribution in [0.5, 0.6) is 0 Å². The first kappa shape index (κ1) is 13.4. The molecule has 1 aliphatic heterocycles. The summed E-state index contributed by atoms with van der Waals surface area (Å²) in [5, 5.41) is 0. The van der Waals surface area contributed by atoms with Gasteiger partial charge < -0.3 is 11.5 Å². The first-order chi connectivity index (χ1) is 9.10. The van der Waals surface area contributed by atoms with E-state index in [9.17, 15) is 4.79 Å². The molecule has 4 nitrogen and oxygen atoms in total. The number of nitrogens with two attached hydrogens (primary N) is 2. The molecular weight excluding hydrogens is 238 g/mol. The minimum atomic E-state index is -0.744. The second-order valence-electron chi connectivity index (χ2n) is 6.91. The molecule has 1 amide bonds. The van der Waals surface area contributed by atoms with E-state index in [1.165, 1.54) is 45.1 Å². The van der Waals surface area contributed by atoms with Crippen molar-refractivity contribution in [3.8, 4) is 0 Å². The summed E-state index contributed by atoms with van der Waals surface area (Å²) in [5.74, 6) is 0.580. The van der Waals surface area contributed by atoms with Crippen molar-refractivity contribution in [3.05, 3.63) is 0 Å². The van der Waals surface area contributed by atoms with Gasteiger partial charge in [-0.2, -0.15) is 0 Å². The highest BCUT2D eigenvalue weighted by Crippen LogP contribution is 2.40. The van der Waals surface area contributed by atoms with Crippen molar-refractivity contribution in [2.24, 2.45) is 17.4 Å². The highest BCUT2D eigenvalue weighted by atomic mass is 16.1. The van der Waals surface area contributed by atoms with Gasteiger partial charge in [-0.05, 0) is 57.4 Å². The van der Waals surface area contributed by atoms with Crippen molar-refractivity contribution < 1.29 is 4.79 Å². The zero-order chi connectivity index (χ0) is 13.5. The summed E-state index contributed by atoms with van der Waals surface area (Å²) in [7, 11) is 0. The first-order valence-electron chi connectivity index (χ1n) is 7.95. The number of carbonyl (C=O) groups excluding carboxylic acids is 1. The van der Waals surface area contributed by atoms with E-state index in [4.69, 9.17) is 11.5 Å². The van der Waals surface area contributed by atoms with E-state index in [1.807, 2.05) is 0 Å². The molecule has 0 radical (unpaired) electrons. The van der Waals surface area contributed by atoms with E-state index in [0.717, 1.165) is 31.2 Å². The zero-order valence-corrected chi connectivity index (χ0v) is 11.8. The number of rotatable bonds is 2. The van der Waals surface area contributed by atoms with E-state index < -0.39 is 5.54 Å². The van der Waals surface area contributed by atoms with Crippen LogP contribution < -0.4 is 11.5 Å². The van der Waals surface area contributed by atoms with E-state index in [1.54, 1.807) is 0 Å². The Labute approximate surface area is 115 Å². The summed E-state index contributed by atoms with van der Waals surface area (Å²) in [5.41, 5.74) is 10.9. The first-order valence-corrected chi connectivity index (χ1v) is 7.95. The molecule has 3 rings (SSSR count). The number of nitrogens with zero attached hydrogens (tertiary/aromatic N) is 1. The van der Waals surface area contributed by atoms with Gasteiger partial charge >= 0.3 is 0 Å². The maximum atomic E-state index is 11.5. The molecular formula is C15H27N3O. The maximum absolute atomic E-state index is 11.5. The molecule has 2 aliphatic carbocycles. The Morgan fingerprint density at radius 1 is 1.11 bits per heavy atom. The Hall–Kier alpha value is -0.610. The van der Waals surface area contributed by atoms with Gasteiger partial charge in [0.15, 0.2) is 0 Å². The summed E-state index contributed by atoms with van der Waals surface area (Å²) in [6.45, 7) is 1.20. The minimum Gasteiger partial charge on any atom is -0.368 e. The van der Waals surface area contributed by atoms with Crippen molar-refractivity contribution in [3.63, 3.8) is 0 Å². The normalized spacial score (nSPS) is 43.9. The van der Waals surface area contributed by atoms with Crippen molar-refractivity contribution in [2.75, 3.05) is 6.54 Å². The second-order valence-corrected chi connectivity index (χ2v) is 6.91. The SMILES string of the molecule is NC(=O)C1(N)CCC(N2CCC[C@H]3CCCC[C@H]32)C1. The number of carbonyl (C=O) groups is 1. The number of hydrogen-bond donors (Lipinski definition) is 2. The quantitative estimate of drug-likeness (QED) is 0.792. The lowest BCUT2D eigenvalue weighted by molar-refractivity contribution is -0.123. The molecule has 4 N–H and O–H groups in total. The average molecular weight is 265 g/mol. The van der Waals surface area contributed by atoms with Gasteiger partial charge in [-0.1, -0.05) is 12.8 Å². The van der Waals surface area contributed by atoms with Crippen molar-refractivity contribution in [2.45, 2.75) is 75.4 Å². The molecule has 19 heavy (non-hydrogen) atoms. The number of primary amides is 1. The van der Waals surface area contributed by atoms with Gasteiger partial charge in [-0.25, -0.2) is 0 Å². The van der Waals surface area contributed by atoms with Gasteiger partial charge in [-0.15, -0.1) is 0 Å². The summed E-state index contributed by atoms with van der Waals surface area (Å²) in [4.78, 5) is 14.2. The van der Waals surface area contributed by atoms with Gasteiger partial charge in [0, 0.05) is 12.1 Å². The van der Waals surface area contributed by atoms with Gasteiger partial charge in [0.1, 0.15) is 0 Å².